The molecule has 1 unspecified atom stereocenters. The number of nitrogens with one attached hydrogen (secondary N) is 1. The maximum absolute atomic E-state index is 14.0. The van der Waals surface area contributed by atoms with Gasteiger partial charge >= 0.3 is 0 Å². The molecule has 1 nitrogen and oxygen atoms in total. The molecule has 0 aliphatic carbocycles. The van der Waals surface area contributed by atoms with E-state index in [0.29, 0.717) is 17.0 Å². The molecule has 2 aromatic carbocycles. The van der Waals surface area contributed by atoms with E-state index in [2.05, 4.69) is 24.4 Å². The summed E-state index contributed by atoms with van der Waals surface area (Å²) in [4.78, 5) is 0. The van der Waals surface area contributed by atoms with E-state index in [1.807, 2.05) is 18.2 Å². The first-order valence-corrected chi connectivity index (χ1v) is 7.78. The van der Waals surface area contributed by atoms with E-state index in [-0.39, 0.29) is 11.7 Å². The Labute approximate surface area is 131 Å². The van der Waals surface area contributed by atoms with Crippen molar-refractivity contribution < 1.29 is 4.39 Å². The molecule has 112 valence electrons. The Morgan fingerprint density at radius 3 is 2.62 bits per heavy atom. The molecular weight excluding hydrogens is 285 g/mol. The van der Waals surface area contributed by atoms with Crippen LogP contribution >= 0.6 is 11.6 Å². The molecule has 2 rings (SSSR count). The standard InChI is InChI=1S/C18H21ClFN/c1-2-10-21-13-16(14-6-4-3-5-7-14)11-15-12-17(19)8-9-18(15)20/h3-9,12,16,21H,2,10-11,13H2,1H3. The summed E-state index contributed by atoms with van der Waals surface area (Å²) >= 11 is 5.99. The zero-order valence-electron chi connectivity index (χ0n) is 12.3. The van der Waals surface area contributed by atoms with Crippen molar-refractivity contribution in [2.75, 3.05) is 13.1 Å². The number of rotatable bonds is 7. The summed E-state index contributed by atoms with van der Waals surface area (Å²) in [6, 6.07) is 15.0. The van der Waals surface area contributed by atoms with Gasteiger partial charge in [-0.2, -0.15) is 0 Å². The van der Waals surface area contributed by atoms with Crippen molar-refractivity contribution in [2.45, 2.75) is 25.7 Å². The van der Waals surface area contributed by atoms with Crippen LogP contribution in [0, 0.1) is 5.82 Å². The Bertz CT molecular complexity index is 556. The van der Waals surface area contributed by atoms with Gasteiger partial charge in [-0.3, -0.25) is 0 Å². The molecule has 2 aromatic rings. The van der Waals surface area contributed by atoms with Crippen LogP contribution in [0.15, 0.2) is 48.5 Å². The van der Waals surface area contributed by atoms with Gasteiger partial charge in [-0.25, -0.2) is 4.39 Å². The zero-order chi connectivity index (χ0) is 15.1. The highest BCUT2D eigenvalue weighted by atomic mass is 35.5. The van der Waals surface area contributed by atoms with E-state index in [0.717, 1.165) is 19.5 Å². The van der Waals surface area contributed by atoms with Gasteiger partial charge in [0.2, 0.25) is 0 Å². The van der Waals surface area contributed by atoms with E-state index in [1.54, 1.807) is 12.1 Å². The summed E-state index contributed by atoms with van der Waals surface area (Å²) in [6.45, 7) is 3.95. The topological polar surface area (TPSA) is 12.0 Å². The highest BCUT2D eigenvalue weighted by Crippen LogP contribution is 2.24. The summed E-state index contributed by atoms with van der Waals surface area (Å²) in [5.41, 5.74) is 1.90. The summed E-state index contributed by atoms with van der Waals surface area (Å²) in [6.07, 6.45) is 1.74. The van der Waals surface area contributed by atoms with Crippen LogP contribution in [0.2, 0.25) is 5.02 Å². The van der Waals surface area contributed by atoms with Gasteiger partial charge in [0.25, 0.3) is 0 Å². The second-order valence-corrected chi connectivity index (χ2v) is 5.69. The molecule has 3 heteroatoms. The minimum Gasteiger partial charge on any atom is -0.316 e. The molecule has 1 N–H and O–H groups in total. The second-order valence-electron chi connectivity index (χ2n) is 5.25. The molecule has 0 spiro atoms. The van der Waals surface area contributed by atoms with Gasteiger partial charge in [0, 0.05) is 17.5 Å². The molecule has 0 saturated heterocycles. The molecule has 0 aliphatic rings. The molecule has 0 aliphatic heterocycles. The monoisotopic (exact) mass is 305 g/mol. The molecule has 0 bridgehead atoms. The summed E-state index contributed by atoms with van der Waals surface area (Å²) in [5, 5.41) is 4.02. The minimum atomic E-state index is -0.184. The predicted molar refractivity (Wildman–Crippen MR) is 87.5 cm³/mol. The first kappa shape index (κ1) is 16.0. The van der Waals surface area contributed by atoms with E-state index < -0.39 is 0 Å². The van der Waals surface area contributed by atoms with Crippen LogP contribution in [-0.2, 0) is 6.42 Å². The lowest BCUT2D eigenvalue weighted by Gasteiger charge is -2.19. The lowest BCUT2D eigenvalue weighted by atomic mass is 9.91. The third-order valence-corrected chi connectivity index (χ3v) is 3.80. The van der Waals surface area contributed by atoms with E-state index >= 15 is 0 Å². The van der Waals surface area contributed by atoms with Crippen molar-refractivity contribution in [1.29, 1.82) is 0 Å². The normalized spacial score (nSPS) is 12.3. The molecule has 0 fully saturated rings. The molecule has 1 atom stereocenters. The van der Waals surface area contributed by atoms with Gasteiger partial charge in [-0.1, -0.05) is 48.9 Å². The quantitative estimate of drug-likeness (QED) is 0.724. The van der Waals surface area contributed by atoms with Gasteiger partial charge < -0.3 is 5.32 Å². The maximum atomic E-state index is 14.0. The van der Waals surface area contributed by atoms with Crippen molar-refractivity contribution >= 4 is 11.6 Å². The smallest absolute Gasteiger partial charge is 0.126 e. The molecule has 0 heterocycles. The van der Waals surface area contributed by atoms with Gasteiger partial charge in [0.15, 0.2) is 0 Å². The zero-order valence-corrected chi connectivity index (χ0v) is 13.0. The highest BCUT2D eigenvalue weighted by molar-refractivity contribution is 6.30. The Morgan fingerprint density at radius 2 is 1.90 bits per heavy atom. The Hall–Kier alpha value is -1.38. The fourth-order valence-corrected chi connectivity index (χ4v) is 2.65. The second kappa shape index (κ2) is 8.16. The minimum absolute atomic E-state index is 0.184. The van der Waals surface area contributed by atoms with Gasteiger partial charge in [-0.15, -0.1) is 0 Å². The fourth-order valence-electron chi connectivity index (χ4n) is 2.45. The van der Waals surface area contributed by atoms with Crippen LogP contribution in [0.3, 0.4) is 0 Å². The van der Waals surface area contributed by atoms with Gasteiger partial charge in [0.05, 0.1) is 0 Å². The predicted octanol–water partition coefficient (Wildman–Crippen LogP) is 4.81. The van der Waals surface area contributed by atoms with Crippen LogP contribution in [0.5, 0.6) is 0 Å². The Balaban J connectivity index is 2.17. The Kier molecular flexibility index (Phi) is 6.21. The Morgan fingerprint density at radius 1 is 1.14 bits per heavy atom. The molecule has 0 aromatic heterocycles. The van der Waals surface area contributed by atoms with Crippen molar-refractivity contribution in [3.05, 3.63) is 70.5 Å². The third-order valence-electron chi connectivity index (χ3n) is 3.56. The summed E-state index contributed by atoms with van der Waals surface area (Å²) < 4.78 is 14.0. The number of hydrogen-bond donors (Lipinski definition) is 1. The van der Waals surface area contributed by atoms with Crippen molar-refractivity contribution in [3.63, 3.8) is 0 Å². The van der Waals surface area contributed by atoms with Crippen molar-refractivity contribution in [1.82, 2.24) is 5.32 Å². The van der Waals surface area contributed by atoms with Gasteiger partial charge in [-0.05, 0) is 48.7 Å². The molecule has 0 amide bonds. The van der Waals surface area contributed by atoms with Crippen LogP contribution in [0.4, 0.5) is 4.39 Å². The molecule has 21 heavy (non-hydrogen) atoms. The first-order valence-electron chi connectivity index (χ1n) is 7.40. The van der Waals surface area contributed by atoms with E-state index in [1.165, 1.54) is 11.6 Å². The van der Waals surface area contributed by atoms with Crippen LogP contribution in [-0.4, -0.2) is 13.1 Å². The molecule has 0 saturated carbocycles. The number of benzene rings is 2. The van der Waals surface area contributed by atoms with Gasteiger partial charge in [0.1, 0.15) is 5.82 Å². The fraction of sp³-hybridized carbons (Fsp3) is 0.333. The van der Waals surface area contributed by atoms with E-state index in [4.69, 9.17) is 11.6 Å². The van der Waals surface area contributed by atoms with Crippen LogP contribution in [0.1, 0.15) is 30.4 Å². The molecule has 0 radical (unpaired) electrons. The number of halogens is 2. The van der Waals surface area contributed by atoms with E-state index in [9.17, 15) is 4.39 Å². The third kappa shape index (κ3) is 4.83. The average Bonchev–Trinajstić information content (AvgIpc) is 2.51. The van der Waals surface area contributed by atoms with Crippen molar-refractivity contribution in [3.8, 4) is 0 Å². The van der Waals surface area contributed by atoms with Crippen LogP contribution in [0.25, 0.3) is 0 Å². The maximum Gasteiger partial charge on any atom is 0.126 e. The first-order chi connectivity index (χ1) is 10.2. The molecular formula is C18H21ClFN. The lowest BCUT2D eigenvalue weighted by Crippen LogP contribution is -2.24. The van der Waals surface area contributed by atoms with Crippen LogP contribution < -0.4 is 5.32 Å². The van der Waals surface area contributed by atoms with Crippen molar-refractivity contribution in [2.24, 2.45) is 0 Å². The number of hydrogen-bond acceptors (Lipinski definition) is 1. The average molecular weight is 306 g/mol. The SMILES string of the molecule is CCCNCC(Cc1cc(Cl)ccc1F)c1ccccc1. The lowest BCUT2D eigenvalue weighted by molar-refractivity contribution is 0.553. The summed E-state index contributed by atoms with van der Waals surface area (Å²) in [7, 11) is 0. The summed E-state index contributed by atoms with van der Waals surface area (Å²) in [5.74, 6) is 0.0570. The highest BCUT2D eigenvalue weighted by Gasteiger charge is 2.14. The largest absolute Gasteiger partial charge is 0.316 e.